The maximum Gasteiger partial charge on any atom is 0.0519 e. The molecule has 2 rings (SSSR count). The van der Waals surface area contributed by atoms with E-state index in [-0.39, 0.29) is 0 Å². The van der Waals surface area contributed by atoms with Gasteiger partial charge in [0.1, 0.15) is 0 Å². The summed E-state index contributed by atoms with van der Waals surface area (Å²) in [6, 6.07) is 6.60. The van der Waals surface area contributed by atoms with Gasteiger partial charge in [0.2, 0.25) is 0 Å². The second kappa shape index (κ2) is 4.86. The molecule has 1 aromatic carbocycles. The predicted molar refractivity (Wildman–Crippen MR) is 72.6 cm³/mol. The largest absolute Gasteiger partial charge is 0.370 e. The molecule has 0 aromatic heterocycles. The topological polar surface area (TPSA) is 29.3 Å². The summed E-state index contributed by atoms with van der Waals surface area (Å²) in [5.74, 6) is 0. The van der Waals surface area contributed by atoms with E-state index in [0.29, 0.717) is 11.3 Å². The Bertz CT molecular complexity index is 383. The van der Waals surface area contributed by atoms with Crippen LogP contribution in [0.2, 0.25) is 5.02 Å². The Kier molecular flexibility index (Phi) is 3.67. The van der Waals surface area contributed by atoms with E-state index in [1.807, 2.05) is 23.9 Å². The molecule has 2 unspecified atom stereocenters. The minimum Gasteiger partial charge on any atom is -0.370 e. The van der Waals surface area contributed by atoms with Crippen LogP contribution in [0.25, 0.3) is 0 Å². The summed E-state index contributed by atoms with van der Waals surface area (Å²) in [7, 11) is 2.13. The fourth-order valence-electron chi connectivity index (χ4n) is 2.06. The quantitative estimate of drug-likeness (QED) is 0.882. The molecule has 0 bridgehead atoms. The summed E-state index contributed by atoms with van der Waals surface area (Å²) in [4.78, 5) is 3.61. The van der Waals surface area contributed by atoms with E-state index in [1.54, 1.807) is 0 Å². The summed E-state index contributed by atoms with van der Waals surface area (Å²) in [6.07, 6.45) is 1.05. The zero-order chi connectivity index (χ0) is 11.7. The number of nitrogens with two attached hydrogens (primary N) is 1. The molecular weight excluding hydrogens is 240 g/mol. The van der Waals surface area contributed by atoms with E-state index in [2.05, 4.69) is 24.9 Å². The molecule has 0 aliphatic carbocycles. The SMILES string of the molecule is CC1C(CCN)Sc2ccc(Cl)cc2N1C. The normalized spacial score (nSPS) is 24.4. The van der Waals surface area contributed by atoms with Crippen LogP contribution >= 0.6 is 23.4 Å². The highest BCUT2D eigenvalue weighted by Gasteiger charge is 2.29. The maximum atomic E-state index is 6.03. The standard InChI is InChI=1S/C12H17ClN2S/c1-8-11(5-6-14)16-12-4-3-9(13)7-10(12)15(8)2/h3-4,7-8,11H,5-6,14H2,1-2H3. The van der Waals surface area contributed by atoms with Crippen LogP contribution in [0.1, 0.15) is 13.3 Å². The van der Waals surface area contributed by atoms with Gasteiger partial charge < -0.3 is 10.6 Å². The third-order valence-electron chi connectivity index (χ3n) is 3.18. The number of hydrogen-bond acceptors (Lipinski definition) is 3. The molecule has 0 amide bonds. The van der Waals surface area contributed by atoms with E-state index in [1.165, 1.54) is 10.6 Å². The lowest BCUT2D eigenvalue weighted by atomic mass is 10.1. The van der Waals surface area contributed by atoms with Gasteiger partial charge in [-0.15, -0.1) is 11.8 Å². The van der Waals surface area contributed by atoms with Crippen molar-refractivity contribution >= 4 is 29.1 Å². The second-order valence-electron chi connectivity index (χ2n) is 4.20. The van der Waals surface area contributed by atoms with Crippen molar-refractivity contribution in [3.8, 4) is 0 Å². The highest BCUT2D eigenvalue weighted by molar-refractivity contribution is 8.00. The molecule has 0 saturated carbocycles. The van der Waals surface area contributed by atoms with Crippen LogP contribution < -0.4 is 10.6 Å². The van der Waals surface area contributed by atoms with E-state index >= 15 is 0 Å². The number of benzene rings is 1. The lowest BCUT2D eigenvalue weighted by molar-refractivity contribution is 0.604. The first-order valence-corrected chi connectivity index (χ1v) is 6.78. The molecular formula is C12H17ClN2S. The van der Waals surface area contributed by atoms with Crippen molar-refractivity contribution < 1.29 is 0 Å². The van der Waals surface area contributed by atoms with Crippen molar-refractivity contribution in [3.63, 3.8) is 0 Å². The number of anilines is 1. The lowest BCUT2D eigenvalue weighted by Gasteiger charge is -2.39. The summed E-state index contributed by atoms with van der Waals surface area (Å²) in [5.41, 5.74) is 6.89. The molecule has 1 heterocycles. The molecule has 88 valence electrons. The molecule has 2 atom stereocenters. The first kappa shape index (κ1) is 12.1. The van der Waals surface area contributed by atoms with E-state index in [0.717, 1.165) is 18.0 Å². The van der Waals surface area contributed by atoms with Gasteiger partial charge >= 0.3 is 0 Å². The number of nitrogens with zero attached hydrogens (tertiary/aromatic N) is 1. The molecule has 4 heteroatoms. The van der Waals surface area contributed by atoms with Gasteiger partial charge in [0, 0.05) is 28.3 Å². The minimum atomic E-state index is 0.500. The van der Waals surface area contributed by atoms with Crippen LogP contribution in [-0.4, -0.2) is 24.9 Å². The molecule has 16 heavy (non-hydrogen) atoms. The van der Waals surface area contributed by atoms with Crippen molar-refractivity contribution in [2.75, 3.05) is 18.5 Å². The summed E-state index contributed by atoms with van der Waals surface area (Å²) in [5, 5.41) is 1.37. The molecule has 1 aliphatic heterocycles. The lowest BCUT2D eigenvalue weighted by Crippen LogP contribution is -2.41. The zero-order valence-corrected chi connectivity index (χ0v) is 11.2. The molecule has 0 saturated heterocycles. The molecule has 1 aromatic rings. The van der Waals surface area contributed by atoms with Crippen LogP contribution in [0.15, 0.2) is 23.1 Å². The molecule has 0 radical (unpaired) electrons. The van der Waals surface area contributed by atoms with Gasteiger partial charge in [0.25, 0.3) is 0 Å². The first-order chi connectivity index (χ1) is 7.63. The van der Waals surface area contributed by atoms with Crippen LogP contribution in [0.3, 0.4) is 0 Å². The number of halogens is 1. The summed E-state index contributed by atoms with van der Waals surface area (Å²) < 4.78 is 0. The van der Waals surface area contributed by atoms with Crippen LogP contribution in [-0.2, 0) is 0 Å². The third-order valence-corrected chi connectivity index (χ3v) is 4.95. The highest BCUT2D eigenvalue weighted by Crippen LogP contribution is 2.42. The summed E-state index contributed by atoms with van der Waals surface area (Å²) >= 11 is 7.95. The number of rotatable bonds is 2. The molecule has 2 nitrogen and oxygen atoms in total. The minimum absolute atomic E-state index is 0.500. The average molecular weight is 257 g/mol. The number of hydrogen-bond donors (Lipinski definition) is 1. The average Bonchev–Trinajstić information content (AvgIpc) is 2.27. The monoisotopic (exact) mass is 256 g/mol. The molecule has 1 aliphatic rings. The van der Waals surface area contributed by atoms with Gasteiger partial charge in [0.15, 0.2) is 0 Å². The fraction of sp³-hybridized carbons (Fsp3) is 0.500. The zero-order valence-electron chi connectivity index (χ0n) is 9.61. The van der Waals surface area contributed by atoms with Crippen molar-refractivity contribution in [1.82, 2.24) is 0 Å². The van der Waals surface area contributed by atoms with Crippen molar-refractivity contribution in [2.24, 2.45) is 5.73 Å². The van der Waals surface area contributed by atoms with Gasteiger partial charge in [-0.3, -0.25) is 0 Å². The Morgan fingerprint density at radius 3 is 2.94 bits per heavy atom. The Labute approximate surface area is 106 Å². The summed E-state index contributed by atoms with van der Waals surface area (Å²) in [6.45, 7) is 3.00. The fourth-order valence-corrected chi connectivity index (χ4v) is 3.66. The number of fused-ring (bicyclic) bond motifs is 1. The first-order valence-electron chi connectivity index (χ1n) is 5.52. The van der Waals surface area contributed by atoms with Gasteiger partial charge in [-0.25, -0.2) is 0 Å². The number of thioether (sulfide) groups is 1. The van der Waals surface area contributed by atoms with Crippen molar-refractivity contribution in [3.05, 3.63) is 23.2 Å². The second-order valence-corrected chi connectivity index (χ2v) is 5.91. The van der Waals surface area contributed by atoms with Crippen molar-refractivity contribution in [2.45, 2.75) is 29.5 Å². The van der Waals surface area contributed by atoms with Crippen molar-refractivity contribution in [1.29, 1.82) is 0 Å². The molecule has 0 fully saturated rings. The van der Waals surface area contributed by atoms with E-state index < -0.39 is 0 Å². The Hall–Kier alpha value is -0.380. The van der Waals surface area contributed by atoms with E-state index in [4.69, 9.17) is 17.3 Å². The Morgan fingerprint density at radius 1 is 1.50 bits per heavy atom. The predicted octanol–water partition coefficient (Wildman–Crippen LogP) is 2.99. The van der Waals surface area contributed by atoms with Gasteiger partial charge in [-0.1, -0.05) is 11.6 Å². The van der Waals surface area contributed by atoms with Gasteiger partial charge in [-0.05, 0) is 38.1 Å². The Balaban J connectivity index is 2.32. The van der Waals surface area contributed by atoms with Gasteiger partial charge in [-0.2, -0.15) is 0 Å². The molecule has 2 N–H and O–H groups in total. The smallest absolute Gasteiger partial charge is 0.0519 e. The Morgan fingerprint density at radius 2 is 2.25 bits per heavy atom. The highest BCUT2D eigenvalue weighted by atomic mass is 35.5. The van der Waals surface area contributed by atoms with Gasteiger partial charge in [0.05, 0.1) is 5.69 Å². The maximum absolute atomic E-state index is 6.03. The molecule has 0 spiro atoms. The van der Waals surface area contributed by atoms with Crippen LogP contribution in [0.5, 0.6) is 0 Å². The van der Waals surface area contributed by atoms with Crippen LogP contribution in [0.4, 0.5) is 5.69 Å². The third kappa shape index (κ3) is 2.17. The van der Waals surface area contributed by atoms with E-state index in [9.17, 15) is 0 Å². The van der Waals surface area contributed by atoms with Crippen LogP contribution in [0, 0.1) is 0 Å².